The van der Waals surface area contributed by atoms with E-state index < -0.39 is 29.0 Å². The molecule has 10 heteroatoms. The summed E-state index contributed by atoms with van der Waals surface area (Å²) >= 11 is 5.45. The average molecular weight is 432 g/mol. The maximum atomic E-state index is 11.5. The standard InChI is InChI=1S/C20H20N2O7S/c1-20(18(26-2)27-3)17(23)16(12-10-11(22(24)25)8-9-14(12)29-20)21-13-6-4-5-7-15(13)28-19(21)30/h4-10,16-18,23H,1-3H3/t16-,17+,20-/m1/s1. The van der Waals surface area contributed by atoms with E-state index in [-0.39, 0.29) is 10.5 Å². The van der Waals surface area contributed by atoms with Crippen LogP contribution < -0.4 is 4.74 Å². The highest BCUT2D eigenvalue weighted by Gasteiger charge is 2.53. The lowest BCUT2D eigenvalue weighted by Crippen LogP contribution is -2.60. The largest absolute Gasteiger partial charge is 0.479 e. The number of fused-ring (bicyclic) bond motifs is 2. The van der Waals surface area contributed by atoms with Gasteiger partial charge in [0.15, 0.2) is 17.5 Å². The van der Waals surface area contributed by atoms with Crippen molar-refractivity contribution in [2.75, 3.05) is 14.2 Å². The molecule has 30 heavy (non-hydrogen) atoms. The van der Waals surface area contributed by atoms with E-state index in [1.807, 2.05) is 6.07 Å². The summed E-state index contributed by atoms with van der Waals surface area (Å²) in [5.74, 6) is 0.352. The Hall–Kier alpha value is -2.79. The smallest absolute Gasteiger partial charge is 0.270 e. The predicted molar refractivity (Wildman–Crippen MR) is 109 cm³/mol. The molecule has 1 N–H and O–H groups in total. The number of non-ortho nitro benzene ring substituents is 1. The quantitative estimate of drug-likeness (QED) is 0.282. The van der Waals surface area contributed by atoms with Crippen molar-refractivity contribution in [2.45, 2.75) is 31.0 Å². The van der Waals surface area contributed by atoms with Crippen LogP contribution in [0.4, 0.5) is 5.69 Å². The van der Waals surface area contributed by atoms with Crippen molar-refractivity contribution in [3.8, 4) is 5.75 Å². The van der Waals surface area contributed by atoms with Crippen LogP contribution in [-0.4, -0.2) is 46.8 Å². The molecule has 0 aliphatic carbocycles. The number of para-hydroxylation sites is 2. The summed E-state index contributed by atoms with van der Waals surface area (Å²) in [6, 6.07) is 10.6. The van der Waals surface area contributed by atoms with Crippen molar-refractivity contribution in [3.63, 3.8) is 0 Å². The summed E-state index contributed by atoms with van der Waals surface area (Å²) in [6.07, 6.45) is -2.17. The minimum Gasteiger partial charge on any atom is -0.479 e. The van der Waals surface area contributed by atoms with Crippen molar-refractivity contribution < 1.29 is 28.7 Å². The number of aliphatic hydroxyl groups excluding tert-OH is 1. The second-order valence-electron chi connectivity index (χ2n) is 7.16. The van der Waals surface area contributed by atoms with Crippen LogP contribution in [0.25, 0.3) is 11.1 Å². The molecule has 9 nitrogen and oxygen atoms in total. The highest BCUT2D eigenvalue weighted by Crippen LogP contribution is 2.46. The van der Waals surface area contributed by atoms with Crippen molar-refractivity contribution in [2.24, 2.45) is 0 Å². The number of oxazole rings is 1. The van der Waals surface area contributed by atoms with Crippen LogP contribution in [0, 0.1) is 15.0 Å². The van der Waals surface area contributed by atoms with Gasteiger partial charge in [-0.15, -0.1) is 0 Å². The molecule has 2 aromatic carbocycles. The summed E-state index contributed by atoms with van der Waals surface area (Å²) in [7, 11) is 2.88. The van der Waals surface area contributed by atoms with Crippen LogP contribution in [-0.2, 0) is 9.47 Å². The van der Waals surface area contributed by atoms with Gasteiger partial charge in [0.1, 0.15) is 11.9 Å². The van der Waals surface area contributed by atoms with E-state index in [9.17, 15) is 15.2 Å². The van der Waals surface area contributed by atoms with Crippen LogP contribution in [0.15, 0.2) is 46.9 Å². The van der Waals surface area contributed by atoms with E-state index in [0.717, 1.165) is 0 Å². The van der Waals surface area contributed by atoms with Crippen molar-refractivity contribution in [1.82, 2.24) is 4.57 Å². The predicted octanol–water partition coefficient (Wildman–Crippen LogP) is 3.59. The minimum atomic E-state index is -1.34. The highest BCUT2D eigenvalue weighted by molar-refractivity contribution is 7.71. The molecule has 0 fully saturated rings. The number of nitro benzene ring substituents is 1. The van der Waals surface area contributed by atoms with Crippen molar-refractivity contribution in [3.05, 3.63) is 63.0 Å². The number of rotatable bonds is 5. The molecule has 1 aliphatic heterocycles. The Morgan fingerprint density at radius 2 is 1.97 bits per heavy atom. The van der Waals surface area contributed by atoms with Crippen LogP contribution in [0.2, 0.25) is 0 Å². The van der Waals surface area contributed by atoms with Gasteiger partial charge >= 0.3 is 0 Å². The maximum Gasteiger partial charge on any atom is 0.270 e. The zero-order valence-corrected chi connectivity index (χ0v) is 17.3. The van der Waals surface area contributed by atoms with Crippen molar-refractivity contribution in [1.29, 1.82) is 0 Å². The Morgan fingerprint density at radius 3 is 2.63 bits per heavy atom. The molecule has 158 valence electrons. The number of nitro groups is 1. The molecule has 2 heterocycles. The molecule has 0 saturated heterocycles. The normalized spacial score (nSPS) is 23.4. The Balaban J connectivity index is 2.01. The number of methoxy groups -OCH3 is 2. The Kier molecular flexibility index (Phi) is 5.10. The van der Waals surface area contributed by atoms with Crippen LogP contribution >= 0.6 is 12.2 Å². The Labute approximate surface area is 176 Å². The van der Waals surface area contributed by atoms with E-state index in [4.69, 9.17) is 30.8 Å². The molecule has 0 unspecified atom stereocenters. The first-order chi connectivity index (χ1) is 14.3. The van der Waals surface area contributed by atoms with Gasteiger partial charge in [0.05, 0.1) is 16.5 Å². The number of aromatic nitrogens is 1. The first-order valence-corrected chi connectivity index (χ1v) is 9.53. The van der Waals surface area contributed by atoms with Gasteiger partial charge < -0.3 is 23.7 Å². The third kappa shape index (κ3) is 3.00. The van der Waals surface area contributed by atoms with Gasteiger partial charge in [-0.25, -0.2) is 0 Å². The van der Waals surface area contributed by atoms with E-state index in [1.165, 1.54) is 32.4 Å². The lowest BCUT2D eigenvalue weighted by atomic mass is 9.84. The Bertz CT molecular complexity index is 1170. The lowest BCUT2D eigenvalue weighted by molar-refractivity contribution is -0.385. The van der Waals surface area contributed by atoms with E-state index in [0.29, 0.717) is 22.4 Å². The first kappa shape index (κ1) is 20.5. The van der Waals surface area contributed by atoms with Gasteiger partial charge in [0.25, 0.3) is 10.5 Å². The molecule has 4 rings (SSSR count). The number of hydrogen-bond donors (Lipinski definition) is 1. The van der Waals surface area contributed by atoms with Gasteiger partial charge in [0, 0.05) is 31.9 Å². The second kappa shape index (κ2) is 7.47. The lowest BCUT2D eigenvalue weighted by Gasteiger charge is -2.46. The molecule has 1 aromatic heterocycles. The molecule has 0 amide bonds. The fourth-order valence-electron chi connectivity index (χ4n) is 4.03. The number of hydrogen-bond acceptors (Lipinski definition) is 8. The minimum absolute atomic E-state index is 0.119. The third-order valence-corrected chi connectivity index (χ3v) is 5.71. The number of nitrogens with zero attached hydrogens (tertiary/aromatic N) is 2. The summed E-state index contributed by atoms with van der Waals surface area (Å²) in [6.45, 7) is 1.65. The molecular formula is C20H20N2O7S. The molecule has 0 spiro atoms. The topological polar surface area (TPSA) is 109 Å². The monoisotopic (exact) mass is 432 g/mol. The van der Waals surface area contributed by atoms with Crippen LogP contribution in [0.3, 0.4) is 0 Å². The fraction of sp³-hybridized carbons (Fsp3) is 0.350. The molecule has 3 aromatic rings. The van der Waals surface area contributed by atoms with Gasteiger partial charge in [-0.05, 0) is 37.3 Å². The first-order valence-electron chi connectivity index (χ1n) is 9.13. The van der Waals surface area contributed by atoms with Gasteiger partial charge in [0.2, 0.25) is 0 Å². The molecule has 1 aliphatic rings. The van der Waals surface area contributed by atoms with Crippen molar-refractivity contribution >= 4 is 29.0 Å². The highest BCUT2D eigenvalue weighted by atomic mass is 32.1. The summed E-state index contributed by atoms with van der Waals surface area (Å²) in [5.41, 5.74) is 0.101. The van der Waals surface area contributed by atoms with Gasteiger partial charge in [-0.1, -0.05) is 12.1 Å². The molecule has 3 atom stereocenters. The van der Waals surface area contributed by atoms with E-state index in [2.05, 4.69) is 0 Å². The van der Waals surface area contributed by atoms with Gasteiger partial charge in [-0.2, -0.15) is 0 Å². The zero-order chi connectivity index (χ0) is 21.6. The van der Waals surface area contributed by atoms with E-state index in [1.54, 1.807) is 29.7 Å². The molecule has 0 radical (unpaired) electrons. The van der Waals surface area contributed by atoms with Crippen LogP contribution in [0.5, 0.6) is 5.75 Å². The number of ether oxygens (including phenoxy) is 3. The fourth-order valence-corrected chi connectivity index (χ4v) is 4.34. The molecule has 0 saturated carbocycles. The summed E-state index contributed by atoms with van der Waals surface area (Å²) < 4.78 is 24.2. The summed E-state index contributed by atoms with van der Waals surface area (Å²) in [5, 5.41) is 22.9. The maximum absolute atomic E-state index is 11.5. The van der Waals surface area contributed by atoms with Crippen LogP contribution in [0.1, 0.15) is 18.5 Å². The third-order valence-electron chi connectivity index (χ3n) is 5.43. The van der Waals surface area contributed by atoms with E-state index >= 15 is 0 Å². The summed E-state index contributed by atoms with van der Waals surface area (Å²) in [4.78, 5) is 11.0. The number of benzene rings is 2. The molecule has 0 bridgehead atoms. The number of aliphatic hydroxyl groups is 1. The molecular weight excluding hydrogens is 412 g/mol. The average Bonchev–Trinajstić information content (AvgIpc) is 3.05. The Morgan fingerprint density at radius 1 is 1.27 bits per heavy atom. The van der Waals surface area contributed by atoms with Gasteiger partial charge in [-0.3, -0.25) is 14.7 Å². The SMILES string of the molecule is COC(OC)[C@]1(C)Oc2ccc([N+](=O)[O-])cc2[C@@H](n2c(=S)oc3ccccc32)[C@@H]1O. The zero-order valence-electron chi connectivity index (χ0n) is 16.5. The second-order valence-corrected chi connectivity index (χ2v) is 7.51.